The number of benzene rings is 1. The van der Waals surface area contributed by atoms with Gasteiger partial charge in [-0.3, -0.25) is 0 Å². The van der Waals surface area contributed by atoms with Crippen LogP contribution in [0.3, 0.4) is 0 Å². The van der Waals surface area contributed by atoms with E-state index in [1.807, 2.05) is 0 Å². The van der Waals surface area contributed by atoms with Gasteiger partial charge < -0.3 is 0 Å². The van der Waals surface area contributed by atoms with Crippen molar-refractivity contribution in [1.82, 2.24) is 0 Å². The minimum atomic E-state index is 0.413. The lowest BCUT2D eigenvalue weighted by Crippen LogP contribution is -2.32. The highest BCUT2D eigenvalue weighted by Crippen LogP contribution is 2.42. The zero-order valence-corrected chi connectivity index (χ0v) is 12.4. The fourth-order valence-electron chi connectivity index (χ4n) is 2.54. The average molecular weight is 242 g/mol. The van der Waals surface area contributed by atoms with Crippen LogP contribution in [0.5, 0.6) is 0 Å². The van der Waals surface area contributed by atoms with Crippen LogP contribution in [-0.4, -0.2) is 9.52 Å². The van der Waals surface area contributed by atoms with Crippen molar-refractivity contribution in [3.05, 3.63) is 41.0 Å². The molecule has 1 aromatic rings. The van der Waals surface area contributed by atoms with Gasteiger partial charge in [-0.2, -0.15) is 0 Å². The molecule has 1 aliphatic rings. The summed E-state index contributed by atoms with van der Waals surface area (Å²) in [6, 6.07) is 6.74. The van der Waals surface area contributed by atoms with Crippen molar-refractivity contribution in [2.45, 2.75) is 52.0 Å². The quantitative estimate of drug-likeness (QED) is 0.544. The number of hydrogen-bond acceptors (Lipinski definition) is 0. The minimum Gasteiger partial charge on any atom is -0.0854 e. The second kappa shape index (κ2) is 4.81. The van der Waals surface area contributed by atoms with Gasteiger partial charge in [0.1, 0.15) is 0 Å². The van der Waals surface area contributed by atoms with Crippen LogP contribution < -0.4 is 5.19 Å². The standard InChI is InChI=1S/C16H22Si/c1-12-8-7-10-15(14(12)3)17-16(4)11-6-5-9-13(16)2/h7-10H,5-6,11H2,1-4H3. The second-order valence-corrected chi connectivity index (χ2v) is 7.38. The summed E-state index contributed by atoms with van der Waals surface area (Å²) >= 11 is 0. The van der Waals surface area contributed by atoms with E-state index in [0.717, 1.165) is 9.52 Å². The summed E-state index contributed by atoms with van der Waals surface area (Å²) in [6.07, 6.45) is 6.42. The van der Waals surface area contributed by atoms with Gasteiger partial charge in [-0.15, -0.1) is 0 Å². The fourth-order valence-corrected chi connectivity index (χ4v) is 4.30. The van der Waals surface area contributed by atoms with Crippen LogP contribution in [0, 0.1) is 13.8 Å². The Morgan fingerprint density at radius 2 is 1.94 bits per heavy atom. The molecule has 0 amide bonds. The van der Waals surface area contributed by atoms with Crippen LogP contribution in [0.15, 0.2) is 29.8 Å². The summed E-state index contributed by atoms with van der Waals surface area (Å²) in [6.45, 7) is 9.24. The lowest BCUT2D eigenvalue weighted by molar-refractivity contribution is 0.568. The van der Waals surface area contributed by atoms with Gasteiger partial charge in [-0.05, 0) is 56.2 Å². The smallest absolute Gasteiger partial charge is 0.0854 e. The van der Waals surface area contributed by atoms with E-state index in [1.165, 1.54) is 30.4 Å². The maximum atomic E-state index is 2.45. The molecule has 90 valence electrons. The number of aryl methyl sites for hydroxylation is 1. The Morgan fingerprint density at radius 1 is 1.18 bits per heavy atom. The molecule has 0 aliphatic heterocycles. The van der Waals surface area contributed by atoms with Crippen LogP contribution in [0.2, 0.25) is 5.04 Å². The number of allylic oxidation sites excluding steroid dienone is 2. The van der Waals surface area contributed by atoms with Crippen LogP contribution in [0.25, 0.3) is 0 Å². The zero-order chi connectivity index (χ0) is 12.5. The number of rotatable bonds is 2. The monoisotopic (exact) mass is 242 g/mol. The predicted molar refractivity (Wildman–Crippen MR) is 77.3 cm³/mol. The Balaban J connectivity index is 2.29. The molecule has 1 unspecified atom stereocenters. The first kappa shape index (κ1) is 12.6. The molecule has 17 heavy (non-hydrogen) atoms. The van der Waals surface area contributed by atoms with Crippen molar-refractivity contribution in [2.24, 2.45) is 0 Å². The third-order valence-corrected chi connectivity index (χ3v) is 6.22. The van der Waals surface area contributed by atoms with Gasteiger partial charge in [0.15, 0.2) is 0 Å². The predicted octanol–water partition coefficient (Wildman–Crippen LogP) is 3.94. The van der Waals surface area contributed by atoms with E-state index >= 15 is 0 Å². The molecule has 0 bridgehead atoms. The van der Waals surface area contributed by atoms with Crippen LogP contribution in [0.4, 0.5) is 0 Å². The van der Waals surface area contributed by atoms with Crippen molar-refractivity contribution in [3.8, 4) is 0 Å². The molecule has 0 N–H and O–H groups in total. The maximum absolute atomic E-state index is 2.45. The number of hydrogen-bond donors (Lipinski definition) is 0. The molecule has 0 nitrogen and oxygen atoms in total. The van der Waals surface area contributed by atoms with Crippen LogP contribution in [-0.2, 0) is 0 Å². The molecule has 1 atom stereocenters. The summed E-state index contributed by atoms with van der Waals surface area (Å²) in [5.41, 5.74) is 4.52. The van der Waals surface area contributed by atoms with E-state index in [-0.39, 0.29) is 0 Å². The third-order valence-electron chi connectivity index (χ3n) is 4.22. The molecular formula is C16H22Si. The van der Waals surface area contributed by atoms with Crippen LogP contribution >= 0.6 is 0 Å². The minimum absolute atomic E-state index is 0.413. The summed E-state index contributed by atoms with van der Waals surface area (Å²) in [5.74, 6) is 0. The first-order valence-corrected chi connectivity index (χ1v) is 7.54. The topological polar surface area (TPSA) is 0 Å². The molecule has 2 radical (unpaired) electrons. The molecule has 0 heterocycles. The highest BCUT2D eigenvalue weighted by atomic mass is 28.2. The summed E-state index contributed by atoms with van der Waals surface area (Å²) in [4.78, 5) is 0. The van der Waals surface area contributed by atoms with Gasteiger partial charge in [0.25, 0.3) is 0 Å². The largest absolute Gasteiger partial charge is 0.0927 e. The van der Waals surface area contributed by atoms with E-state index in [4.69, 9.17) is 0 Å². The van der Waals surface area contributed by atoms with E-state index in [2.05, 4.69) is 52.0 Å². The lowest BCUT2D eigenvalue weighted by Gasteiger charge is -2.34. The van der Waals surface area contributed by atoms with Crippen molar-refractivity contribution < 1.29 is 0 Å². The molecule has 0 fully saturated rings. The SMILES string of the molecule is CC1=CCCCC1(C)[Si]c1cccc(C)c1C. The molecule has 2 rings (SSSR count). The highest BCUT2D eigenvalue weighted by Gasteiger charge is 2.29. The van der Waals surface area contributed by atoms with Gasteiger partial charge in [0, 0.05) is 0 Å². The Kier molecular flexibility index (Phi) is 3.57. The Hall–Kier alpha value is -0.823. The molecule has 0 aromatic heterocycles. The summed E-state index contributed by atoms with van der Waals surface area (Å²) < 4.78 is 0. The third kappa shape index (κ3) is 2.55. The Morgan fingerprint density at radius 3 is 2.65 bits per heavy atom. The lowest BCUT2D eigenvalue weighted by atomic mass is 9.89. The second-order valence-electron chi connectivity index (χ2n) is 5.48. The average Bonchev–Trinajstić information content (AvgIpc) is 2.29. The maximum Gasteiger partial charge on any atom is 0.0927 e. The van der Waals surface area contributed by atoms with E-state index in [9.17, 15) is 0 Å². The van der Waals surface area contributed by atoms with E-state index in [0.29, 0.717) is 5.04 Å². The van der Waals surface area contributed by atoms with E-state index < -0.39 is 0 Å². The van der Waals surface area contributed by atoms with Crippen molar-refractivity contribution in [3.63, 3.8) is 0 Å². The summed E-state index contributed by atoms with van der Waals surface area (Å²) in [7, 11) is 0.914. The highest BCUT2D eigenvalue weighted by molar-refractivity contribution is 6.58. The molecule has 0 spiro atoms. The normalized spacial score (nSPS) is 24.6. The molecule has 1 aliphatic carbocycles. The zero-order valence-electron chi connectivity index (χ0n) is 11.4. The Labute approximate surface area is 108 Å². The summed E-state index contributed by atoms with van der Waals surface area (Å²) in [5, 5.41) is 1.97. The van der Waals surface area contributed by atoms with Gasteiger partial charge >= 0.3 is 0 Å². The molecule has 0 saturated carbocycles. The van der Waals surface area contributed by atoms with Gasteiger partial charge in [-0.1, -0.05) is 42.0 Å². The van der Waals surface area contributed by atoms with Gasteiger partial charge in [-0.25, -0.2) is 0 Å². The molecule has 1 heteroatoms. The van der Waals surface area contributed by atoms with Gasteiger partial charge in [0.2, 0.25) is 0 Å². The Bertz CT molecular complexity index is 445. The molecular weight excluding hydrogens is 220 g/mol. The van der Waals surface area contributed by atoms with Crippen molar-refractivity contribution in [1.29, 1.82) is 0 Å². The van der Waals surface area contributed by atoms with Crippen LogP contribution in [0.1, 0.15) is 44.2 Å². The van der Waals surface area contributed by atoms with E-state index in [1.54, 1.807) is 10.8 Å². The first-order valence-electron chi connectivity index (χ1n) is 6.54. The molecule has 0 saturated heterocycles. The first-order chi connectivity index (χ1) is 8.03. The molecule has 1 aromatic carbocycles. The van der Waals surface area contributed by atoms with Crippen molar-refractivity contribution >= 4 is 14.7 Å². The van der Waals surface area contributed by atoms with Gasteiger partial charge in [0.05, 0.1) is 9.52 Å². The van der Waals surface area contributed by atoms with Crippen molar-refractivity contribution in [2.75, 3.05) is 0 Å². The fraction of sp³-hybridized carbons (Fsp3) is 0.500.